The van der Waals surface area contributed by atoms with E-state index in [9.17, 15) is 4.79 Å². The maximum atomic E-state index is 11.6. The topological polar surface area (TPSA) is 41.1 Å². The zero-order valence-corrected chi connectivity index (χ0v) is 8.92. The Hall–Kier alpha value is -1.35. The molecule has 1 fully saturated rings. The van der Waals surface area contributed by atoms with E-state index < -0.39 is 0 Å². The van der Waals surface area contributed by atoms with Crippen LogP contribution in [0.2, 0.25) is 0 Å². The predicted octanol–water partition coefficient (Wildman–Crippen LogP) is 0.831. The molecule has 0 atom stereocenters. The van der Waals surface area contributed by atoms with E-state index in [1.54, 1.807) is 0 Å². The van der Waals surface area contributed by atoms with Gasteiger partial charge in [-0.3, -0.25) is 4.79 Å². The SMILES string of the molecule is Cc1ccccc1CNC(=O)C1CNC1. The van der Waals surface area contributed by atoms with Crippen LogP contribution in [0.25, 0.3) is 0 Å². The quantitative estimate of drug-likeness (QED) is 0.765. The summed E-state index contributed by atoms with van der Waals surface area (Å²) < 4.78 is 0. The molecule has 1 aliphatic heterocycles. The van der Waals surface area contributed by atoms with Crippen molar-refractivity contribution in [2.75, 3.05) is 13.1 Å². The highest BCUT2D eigenvalue weighted by molar-refractivity contribution is 5.80. The molecule has 3 nitrogen and oxygen atoms in total. The fourth-order valence-corrected chi connectivity index (χ4v) is 1.61. The highest BCUT2D eigenvalue weighted by Gasteiger charge is 2.24. The summed E-state index contributed by atoms with van der Waals surface area (Å²) in [6.07, 6.45) is 0. The molecule has 0 bridgehead atoms. The maximum Gasteiger partial charge on any atom is 0.225 e. The third kappa shape index (κ3) is 2.36. The number of nitrogens with one attached hydrogen (secondary N) is 2. The Labute approximate surface area is 89.9 Å². The second-order valence-electron chi connectivity index (χ2n) is 4.00. The number of amides is 1. The van der Waals surface area contributed by atoms with Gasteiger partial charge in [-0.15, -0.1) is 0 Å². The van der Waals surface area contributed by atoms with E-state index in [-0.39, 0.29) is 11.8 Å². The Morgan fingerprint density at radius 3 is 2.80 bits per heavy atom. The smallest absolute Gasteiger partial charge is 0.225 e. The molecule has 3 heteroatoms. The van der Waals surface area contributed by atoms with Crippen molar-refractivity contribution in [3.05, 3.63) is 35.4 Å². The number of hydrogen-bond acceptors (Lipinski definition) is 2. The van der Waals surface area contributed by atoms with Crippen LogP contribution in [0.15, 0.2) is 24.3 Å². The number of benzene rings is 1. The second kappa shape index (κ2) is 4.45. The molecule has 0 aliphatic carbocycles. The summed E-state index contributed by atoms with van der Waals surface area (Å²) in [5.41, 5.74) is 2.42. The molecule has 0 aromatic heterocycles. The summed E-state index contributed by atoms with van der Waals surface area (Å²) in [7, 11) is 0. The van der Waals surface area contributed by atoms with Crippen molar-refractivity contribution in [1.82, 2.24) is 10.6 Å². The van der Waals surface area contributed by atoms with Crippen LogP contribution >= 0.6 is 0 Å². The first kappa shape index (κ1) is 10.2. The van der Waals surface area contributed by atoms with Crippen LogP contribution in [0.1, 0.15) is 11.1 Å². The van der Waals surface area contributed by atoms with E-state index in [4.69, 9.17) is 0 Å². The molecule has 0 unspecified atom stereocenters. The summed E-state index contributed by atoms with van der Waals surface area (Å²) in [6.45, 7) is 4.34. The van der Waals surface area contributed by atoms with Crippen LogP contribution in [0.3, 0.4) is 0 Å². The lowest BCUT2D eigenvalue weighted by Crippen LogP contribution is -2.50. The molecule has 1 aromatic rings. The average Bonchev–Trinajstić information content (AvgIpc) is 2.14. The molecule has 80 valence electrons. The molecule has 0 saturated carbocycles. The first-order valence-corrected chi connectivity index (χ1v) is 5.30. The van der Waals surface area contributed by atoms with Gasteiger partial charge in [-0.05, 0) is 18.1 Å². The van der Waals surface area contributed by atoms with Crippen molar-refractivity contribution >= 4 is 5.91 Å². The van der Waals surface area contributed by atoms with Crippen molar-refractivity contribution in [1.29, 1.82) is 0 Å². The number of aryl methyl sites for hydroxylation is 1. The normalized spacial score (nSPS) is 15.8. The largest absolute Gasteiger partial charge is 0.352 e. The molecule has 15 heavy (non-hydrogen) atoms. The first-order valence-electron chi connectivity index (χ1n) is 5.30. The standard InChI is InChI=1S/C12H16N2O/c1-9-4-2-3-5-10(9)8-14-12(15)11-6-13-7-11/h2-5,11,13H,6-8H2,1H3,(H,14,15). The number of carbonyl (C=O) groups excluding carboxylic acids is 1. The summed E-state index contributed by atoms with van der Waals surface area (Å²) in [5.74, 6) is 0.339. The van der Waals surface area contributed by atoms with Crippen LogP contribution in [0.5, 0.6) is 0 Å². The van der Waals surface area contributed by atoms with Crippen molar-refractivity contribution in [2.24, 2.45) is 5.92 Å². The molecule has 0 radical (unpaired) electrons. The molecular weight excluding hydrogens is 188 g/mol. The maximum absolute atomic E-state index is 11.6. The zero-order valence-electron chi connectivity index (χ0n) is 8.92. The van der Waals surface area contributed by atoms with Crippen molar-refractivity contribution in [2.45, 2.75) is 13.5 Å². The molecule has 1 aliphatic rings. The molecular formula is C12H16N2O. The lowest BCUT2D eigenvalue weighted by Gasteiger charge is -2.25. The van der Waals surface area contributed by atoms with Crippen molar-refractivity contribution in [3.8, 4) is 0 Å². The van der Waals surface area contributed by atoms with Crippen molar-refractivity contribution < 1.29 is 4.79 Å². The molecule has 1 aromatic carbocycles. The van der Waals surface area contributed by atoms with E-state index in [0.29, 0.717) is 6.54 Å². The van der Waals surface area contributed by atoms with E-state index in [1.807, 2.05) is 12.1 Å². The minimum absolute atomic E-state index is 0.164. The van der Waals surface area contributed by atoms with Gasteiger partial charge in [0, 0.05) is 19.6 Å². The molecule has 1 saturated heterocycles. The van der Waals surface area contributed by atoms with Crippen LogP contribution in [0, 0.1) is 12.8 Å². The van der Waals surface area contributed by atoms with Gasteiger partial charge in [-0.2, -0.15) is 0 Å². The van der Waals surface area contributed by atoms with E-state index in [2.05, 4.69) is 29.7 Å². The third-order valence-corrected chi connectivity index (χ3v) is 2.87. The highest BCUT2D eigenvalue weighted by atomic mass is 16.2. The van der Waals surface area contributed by atoms with Gasteiger partial charge in [0.05, 0.1) is 5.92 Å². The Bertz CT molecular complexity index is 358. The fraction of sp³-hybridized carbons (Fsp3) is 0.417. The van der Waals surface area contributed by atoms with Gasteiger partial charge in [-0.1, -0.05) is 24.3 Å². The monoisotopic (exact) mass is 204 g/mol. The van der Waals surface area contributed by atoms with E-state index in [1.165, 1.54) is 11.1 Å². The second-order valence-corrected chi connectivity index (χ2v) is 4.00. The van der Waals surface area contributed by atoms with Gasteiger partial charge in [0.2, 0.25) is 5.91 Å². The molecule has 0 spiro atoms. The van der Waals surface area contributed by atoms with Gasteiger partial charge in [0.1, 0.15) is 0 Å². The first-order chi connectivity index (χ1) is 7.27. The van der Waals surface area contributed by atoms with Crippen LogP contribution in [-0.4, -0.2) is 19.0 Å². The lowest BCUT2D eigenvalue weighted by atomic mass is 10.0. The molecule has 2 N–H and O–H groups in total. The minimum Gasteiger partial charge on any atom is -0.352 e. The van der Waals surface area contributed by atoms with Gasteiger partial charge in [-0.25, -0.2) is 0 Å². The summed E-state index contributed by atoms with van der Waals surface area (Å²) in [5, 5.41) is 6.05. The number of carbonyl (C=O) groups is 1. The van der Waals surface area contributed by atoms with Gasteiger partial charge in [0.25, 0.3) is 0 Å². The van der Waals surface area contributed by atoms with Crippen LogP contribution in [-0.2, 0) is 11.3 Å². The zero-order chi connectivity index (χ0) is 10.7. The van der Waals surface area contributed by atoms with Crippen LogP contribution < -0.4 is 10.6 Å². The van der Waals surface area contributed by atoms with Gasteiger partial charge >= 0.3 is 0 Å². The number of hydrogen-bond donors (Lipinski definition) is 2. The highest BCUT2D eigenvalue weighted by Crippen LogP contribution is 2.07. The van der Waals surface area contributed by atoms with Gasteiger partial charge in [0.15, 0.2) is 0 Å². The van der Waals surface area contributed by atoms with Crippen LogP contribution in [0.4, 0.5) is 0 Å². The molecule has 2 rings (SSSR count). The Morgan fingerprint density at radius 2 is 2.20 bits per heavy atom. The minimum atomic E-state index is 0.164. The van der Waals surface area contributed by atoms with E-state index >= 15 is 0 Å². The predicted molar refractivity (Wildman–Crippen MR) is 59.4 cm³/mol. The summed E-state index contributed by atoms with van der Waals surface area (Å²) >= 11 is 0. The average molecular weight is 204 g/mol. The Balaban J connectivity index is 1.87. The van der Waals surface area contributed by atoms with Gasteiger partial charge < -0.3 is 10.6 Å². The fourth-order valence-electron chi connectivity index (χ4n) is 1.61. The molecule has 1 amide bonds. The summed E-state index contributed by atoms with van der Waals surface area (Å²) in [4.78, 5) is 11.6. The van der Waals surface area contributed by atoms with E-state index in [0.717, 1.165) is 13.1 Å². The summed E-state index contributed by atoms with van der Waals surface area (Å²) in [6, 6.07) is 8.12. The molecule has 1 heterocycles. The van der Waals surface area contributed by atoms with Crippen molar-refractivity contribution in [3.63, 3.8) is 0 Å². The lowest BCUT2D eigenvalue weighted by molar-refractivity contribution is -0.126. The Morgan fingerprint density at radius 1 is 1.47 bits per heavy atom. The Kier molecular flexibility index (Phi) is 3.02. The third-order valence-electron chi connectivity index (χ3n) is 2.87. The number of rotatable bonds is 3.